The van der Waals surface area contributed by atoms with E-state index in [1.807, 2.05) is 18.2 Å². The predicted molar refractivity (Wildman–Crippen MR) is 144 cm³/mol. The van der Waals surface area contributed by atoms with Crippen LogP contribution in [0.25, 0.3) is 10.9 Å². The summed E-state index contributed by atoms with van der Waals surface area (Å²) in [5.74, 6) is 1.36. The molecule has 9 heteroatoms. The second kappa shape index (κ2) is 10.9. The first-order chi connectivity index (χ1) is 18.0. The third-order valence-corrected chi connectivity index (χ3v) is 6.81. The number of non-ortho nitro benzene ring substituents is 1. The van der Waals surface area contributed by atoms with E-state index in [0.29, 0.717) is 33.1 Å². The van der Waals surface area contributed by atoms with Gasteiger partial charge in [-0.2, -0.15) is 9.78 Å². The van der Waals surface area contributed by atoms with Crippen molar-refractivity contribution >= 4 is 34.4 Å². The van der Waals surface area contributed by atoms with Gasteiger partial charge in [-0.1, -0.05) is 43.0 Å². The first kappa shape index (κ1) is 24.6. The van der Waals surface area contributed by atoms with Gasteiger partial charge < -0.3 is 4.74 Å². The lowest BCUT2D eigenvalue weighted by atomic mass is 9.88. The summed E-state index contributed by atoms with van der Waals surface area (Å²) in [4.78, 5) is 28.8. The Morgan fingerprint density at radius 3 is 2.59 bits per heavy atom. The van der Waals surface area contributed by atoms with E-state index in [-0.39, 0.29) is 23.8 Å². The summed E-state index contributed by atoms with van der Waals surface area (Å²) in [7, 11) is 0. The van der Waals surface area contributed by atoms with E-state index in [1.165, 1.54) is 23.2 Å². The number of nitro groups is 1. The lowest BCUT2D eigenvalue weighted by molar-refractivity contribution is -0.384. The van der Waals surface area contributed by atoms with Crippen molar-refractivity contribution in [2.45, 2.75) is 44.6 Å². The fourth-order valence-corrected chi connectivity index (χ4v) is 4.80. The number of nitrogens with zero attached hydrogens (tertiary/aromatic N) is 4. The number of benzene rings is 3. The number of rotatable bonds is 7. The maximum Gasteiger partial charge on any atom is 0.282 e. The van der Waals surface area contributed by atoms with E-state index < -0.39 is 4.92 Å². The maximum absolute atomic E-state index is 13.5. The molecule has 1 aliphatic rings. The van der Waals surface area contributed by atoms with Gasteiger partial charge in [-0.15, -0.1) is 0 Å². The molecule has 1 heterocycles. The lowest BCUT2D eigenvalue weighted by Gasteiger charge is -2.22. The van der Waals surface area contributed by atoms with Crippen LogP contribution in [0.3, 0.4) is 0 Å². The Hall–Kier alpha value is -4.04. The SMILES string of the molecule is O=c1c2ccccc2nc(C2CCCCC2)n1N=Cc1cc(Cl)ccc1OCc1ccc([N+](=O)[O-])cc1. The Bertz CT molecular complexity index is 1530. The van der Waals surface area contributed by atoms with E-state index in [0.717, 1.165) is 31.2 Å². The minimum atomic E-state index is -0.441. The molecule has 37 heavy (non-hydrogen) atoms. The molecule has 0 unspecified atom stereocenters. The van der Waals surface area contributed by atoms with E-state index in [9.17, 15) is 14.9 Å². The summed E-state index contributed by atoms with van der Waals surface area (Å²) < 4.78 is 7.41. The molecular formula is C28H25ClN4O4. The van der Waals surface area contributed by atoms with Crippen molar-refractivity contribution in [1.29, 1.82) is 0 Å². The van der Waals surface area contributed by atoms with Crippen LogP contribution in [0.2, 0.25) is 5.02 Å². The molecule has 0 saturated heterocycles. The summed E-state index contributed by atoms with van der Waals surface area (Å²) in [6.45, 7) is 0.200. The number of nitro benzene ring substituents is 1. The van der Waals surface area contributed by atoms with Crippen molar-refractivity contribution in [2.24, 2.45) is 5.10 Å². The molecule has 4 aromatic rings. The molecule has 0 amide bonds. The summed E-state index contributed by atoms with van der Waals surface area (Å²) in [5.41, 5.74) is 1.86. The van der Waals surface area contributed by atoms with Gasteiger partial charge in [0.25, 0.3) is 11.2 Å². The number of halogens is 1. The normalized spacial score (nSPS) is 14.3. The highest BCUT2D eigenvalue weighted by molar-refractivity contribution is 6.30. The third-order valence-electron chi connectivity index (χ3n) is 6.57. The first-order valence-corrected chi connectivity index (χ1v) is 12.6. The van der Waals surface area contributed by atoms with Crippen molar-refractivity contribution in [3.8, 4) is 5.75 Å². The molecule has 0 N–H and O–H groups in total. The van der Waals surface area contributed by atoms with Crippen molar-refractivity contribution in [3.63, 3.8) is 0 Å². The summed E-state index contributed by atoms with van der Waals surface area (Å²) in [6, 6.07) is 18.7. The number of fused-ring (bicyclic) bond motifs is 1. The van der Waals surface area contributed by atoms with Crippen LogP contribution in [0, 0.1) is 10.1 Å². The van der Waals surface area contributed by atoms with Crippen molar-refractivity contribution in [1.82, 2.24) is 9.66 Å². The Kier molecular flexibility index (Phi) is 7.28. The highest BCUT2D eigenvalue weighted by Gasteiger charge is 2.22. The first-order valence-electron chi connectivity index (χ1n) is 12.2. The van der Waals surface area contributed by atoms with Crippen LogP contribution >= 0.6 is 11.6 Å². The molecule has 1 aromatic heterocycles. The zero-order valence-corrected chi connectivity index (χ0v) is 20.8. The van der Waals surface area contributed by atoms with Crippen LogP contribution < -0.4 is 10.3 Å². The largest absolute Gasteiger partial charge is 0.488 e. The van der Waals surface area contributed by atoms with Gasteiger partial charge in [0, 0.05) is 28.6 Å². The van der Waals surface area contributed by atoms with Crippen molar-refractivity contribution < 1.29 is 9.66 Å². The van der Waals surface area contributed by atoms with Gasteiger partial charge in [0.1, 0.15) is 18.2 Å². The van der Waals surface area contributed by atoms with Crippen LogP contribution in [0.1, 0.15) is 55.0 Å². The van der Waals surface area contributed by atoms with E-state index in [4.69, 9.17) is 21.3 Å². The number of aromatic nitrogens is 2. The van der Waals surface area contributed by atoms with Gasteiger partial charge in [0.15, 0.2) is 0 Å². The molecule has 1 fully saturated rings. The standard InChI is InChI=1S/C28H25ClN4O4/c29-22-12-15-26(37-18-19-10-13-23(14-11-19)33(35)36)21(16-22)17-30-32-27(20-6-2-1-3-7-20)31-25-9-5-4-8-24(25)28(32)34/h4-5,8-17,20H,1-3,6-7,18H2. The molecule has 0 bridgehead atoms. The molecule has 1 saturated carbocycles. The van der Waals surface area contributed by atoms with Crippen molar-refractivity contribution in [2.75, 3.05) is 0 Å². The second-order valence-corrected chi connectivity index (χ2v) is 9.51. The molecular weight excluding hydrogens is 492 g/mol. The number of hydrogen-bond donors (Lipinski definition) is 0. The van der Waals surface area contributed by atoms with Gasteiger partial charge in [0.2, 0.25) is 0 Å². The van der Waals surface area contributed by atoms with E-state index in [1.54, 1.807) is 42.6 Å². The topological polar surface area (TPSA) is 99.6 Å². The predicted octanol–water partition coefficient (Wildman–Crippen LogP) is 6.47. The molecule has 0 atom stereocenters. The summed E-state index contributed by atoms with van der Waals surface area (Å²) in [6.07, 6.45) is 6.91. The monoisotopic (exact) mass is 516 g/mol. The van der Waals surface area contributed by atoms with Gasteiger partial charge in [-0.05, 0) is 60.9 Å². The molecule has 188 valence electrons. The second-order valence-electron chi connectivity index (χ2n) is 9.08. The minimum Gasteiger partial charge on any atom is -0.488 e. The van der Waals surface area contributed by atoms with Crippen molar-refractivity contribution in [3.05, 3.63) is 109 Å². The lowest BCUT2D eigenvalue weighted by Crippen LogP contribution is -2.25. The highest BCUT2D eigenvalue weighted by Crippen LogP contribution is 2.32. The zero-order chi connectivity index (χ0) is 25.8. The fraction of sp³-hybridized carbons (Fsp3) is 0.250. The fourth-order valence-electron chi connectivity index (χ4n) is 4.62. The van der Waals surface area contributed by atoms with Crippen LogP contribution in [0.15, 0.2) is 76.6 Å². The molecule has 3 aromatic carbocycles. The van der Waals surface area contributed by atoms with Crippen LogP contribution in [-0.2, 0) is 6.61 Å². The third kappa shape index (κ3) is 5.54. The van der Waals surface area contributed by atoms with E-state index >= 15 is 0 Å². The molecule has 8 nitrogen and oxygen atoms in total. The molecule has 1 aliphatic carbocycles. The molecule has 0 radical (unpaired) electrons. The summed E-state index contributed by atoms with van der Waals surface area (Å²) >= 11 is 6.26. The Morgan fingerprint density at radius 1 is 1.08 bits per heavy atom. The Labute approximate surface area is 218 Å². The minimum absolute atomic E-state index is 0.0197. The summed E-state index contributed by atoms with van der Waals surface area (Å²) in [5, 5.41) is 16.5. The maximum atomic E-state index is 13.5. The number of ether oxygens (including phenoxy) is 1. The molecule has 0 aliphatic heterocycles. The molecule has 5 rings (SSSR count). The van der Waals surface area contributed by atoms with Crippen LogP contribution in [0.5, 0.6) is 5.75 Å². The van der Waals surface area contributed by atoms with Gasteiger partial charge in [-0.3, -0.25) is 14.9 Å². The van der Waals surface area contributed by atoms with Gasteiger partial charge in [-0.25, -0.2) is 4.98 Å². The van der Waals surface area contributed by atoms with E-state index in [2.05, 4.69) is 5.10 Å². The molecule has 0 spiro atoms. The quantitative estimate of drug-likeness (QED) is 0.159. The Balaban J connectivity index is 1.48. The Morgan fingerprint density at radius 2 is 1.84 bits per heavy atom. The number of para-hydroxylation sites is 1. The smallest absolute Gasteiger partial charge is 0.282 e. The zero-order valence-electron chi connectivity index (χ0n) is 20.0. The number of hydrogen-bond acceptors (Lipinski definition) is 6. The average molecular weight is 517 g/mol. The van der Waals surface area contributed by atoms with Crippen LogP contribution in [-0.4, -0.2) is 20.8 Å². The highest BCUT2D eigenvalue weighted by atomic mass is 35.5. The average Bonchev–Trinajstić information content (AvgIpc) is 2.92. The van der Waals surface area contributed by atoms with Crippen LogP contribution in [0.4, 0.5) is 5.69 Å². The van der Waals surface area contributed by atoms with Gasteiger partial charge in [0.05, 0.1) is 22.0 Å². The van der Waals surface area contributed by atoms with Gasteiger partial charge >= 0.3 is 0 Å².